The standard InChI is InChI=1S/C20H17FO3/c1-23-19-9-7-15(11-18(19)21)13-24-20(22)12-14-6-8-16-4-2-3-5-17(16)10-14/h2-11H,12-13H2,1H3. The molecule has 0 heterocycles. The van der Waals surface area contributed by atoms with Gasteiger partial charge in [0.15, 0.2) is 11.6 Å². The predicted octanol–water partition coefficient (Wildman–Crippen LogP) is 4.27. The first-order valence-electron chi connectivity index (χ1n) is 7.61. The van der Waals surface area contributed by atoms with Crippen LogP contribution in [0.4, 0.5) is 4.39 Å². The molecule has 0 aliphatic carbocycles. The van der Waals surface area contributed by atoms with Crippen LogP contribution in [0, 0.1) is 5.82 Å². The first kappa shape index (κ1) is 16.0. The zero-order valence-corrected chi connectivity index (χ0v) is 13.3. The molecular weight excluding hydrogens is 307 g/mol. The summed E-state index contributed by atoms with van der Waals surface area (Å²) >= 11 is 0. The molecule has 0 amide bonds. The lowest BCUT2D eigenvalue weighted by molar-refractivity contribution is -0.144. The van der Waals surface area contributed by atoms with Crippen LogP contribution in [0.3, 0.4) is 0 Å². The van der Waals surface area contributed by atoms with Gasteiger partial charge in [-0.05, 0) is 34.0 Å². The minimum Gasteiger partial charge on any atom is -0.494 e. The molecule has 0 radical (unpaired) electrons. The highest BCUT2D eigenvalue weighted by molar-refractivity contribution is 5.84. The zero-order chi connectivity index (χ0) is 16.9. The summed E-state index contributed by atoms with van der Waals surface area (Å²) in [6.45, 7) is 0.0350. The Morgan fingerprint density at radius 1 is 0.958 bits per heavy atom. The molecule has 0 N–H and O–H groups in total. The Balaban J connectivity index is 1.61. The molecule has 0 saturated heterocycles. The van der Waals surface area contributed by atoms with Crippen molar-refractivity contribution in [3.63, 3.8) is 0 Å². The second-order valence-electron chi connectivity index (χ2n) is 5.49. The number of hydrogen-bond acceptors (Lipinski definition) is 3. The lowest BCUT2D eigenvalue weighted by Gasteiger charge is -2.07. The van der Waals surface area contributed by atoms with E-state index in [2.05, 4.69) is 0 Å². The number of halogens is 1. The quantitative estimate of drug-likeness (QED) is 0.657. The summed E-state index contributed by atoms with van der Waals surface area (Å²) < 4.78 is 23.7. The van der Waals surface area contributed by atoms with Crippen molar-refractivity contribution in [2.75, 3.05) is 7.11 Å². The summed E-state index contributed by atoms with van der Waals surface area (Å²) in [5, 5.41) is 2.21. The summed E-state index contributed by atoms with van der Waals surface area (Å²) in [6, 6.07) is 18.3. The van der Waals surface area contributed by atoms with Crippen molar-refractivity contribution in [3.8, 4) is 5.75 Å². The normalized spacial score (nSPS) is 10.6. The van der Waals surface area contributed by atoms with Crippen LogP contribution >= 0.6 is 0 Å². The average Bonchev–Trinajstić information content (AvgIpc) is 2.60. The molecule has 0 aromatic heterocycles. The van der Waals surface area contributed by atoms with Gasteiger partial charge in [-0.3, -0.25) is 4.79 Å². The van der Waals surface area contributed by atoms with Gasteiger partial charge in [0.2, 0.25) is 0 Å². The van der Waals surface area contributed by atoms with Crippen molar-refractivity contribution < 1.29 is 18.7 Å². The highest BCUT2D eigenvalue weighted by Crippen LogP contribution is 2.19. The van der Waals surface area contributed by atoms with E-state index in [1.54, 1.807) is 6.07 Å². The molecule has 0 spiro atoms. The third-order valence-corrected chi connectivity index (χ3v) is 3.78. The Hall–Kier alpha value is -2.88. The van der Waals surface area contributed by atoms with Crippen molar-refractivity contribution >= 4 is 16.7 Å². The number of ether oxygens (including phenoxy) is 2. The van der Waals surface area contributed by atoms with E-state index in [9.17, 15) is 9.18 Å². The monoisotopic (exact) mass is 324 g/mol. The van der Waals surface area contributed by atoms with E-state index < -0.39 is 5.82 Å². The summed E-state index contributed by atoms with van der Waals surface area (Å²) in [6.07, 6.45) is 0.184. The Morgan fingerprint density at radius 3 is 2.46 bits per heavy atom. The van der Waals surface area contributed by atoms with Gasteiger partial charge in [-0.25, -0.2) is 4.39 Å². The average molecular weight is 324 g/mol. The van der Waals surface area contributed by atoms with Crippen molar-refractivity contribution in [2.24, 2.45) is 0 Å². The van der Waals surface area contributed by atoms with Gasteiger partial charge in [-0.1, -0.05) is 48.5 Å². The molecule has 122 valence electrons. The van der Waals surface area contributed by atoms with Crippen molar-refractivity contribution in [2.45, 2.75) is 13.0 Å². The summed E-state index contributed by atoms with van der Waals surface area (Å²) in [5.74, 6) is -0.650. The maximum atomic E-state index is 13.6. The Morgan fingerprint density at radius 2 is 1.71 bits per heavy atom. The second kappa shape index (κ2) is 7.13. The van der Waals surface area contributed by atoms with Crippen LogP contribution in [0.5, 0.6) is 5.75 Å². The molecule has 0 bridgehead atoms. The number of hydrogen-bond donors (Lipinski definition) is 0. The minimum atomic E-state index is -0.472. The zero-order valence-electron chi connectivity index (χ0n) is 13.3. The number of fused-ring (bicyclic) bond motifs is 1. The van der Waals surface area contributed by atoms with Gasteiger partial charge < -0.3 is 9.47 Å². The van der Waals surface area contributed by atoms with E-state index in [4.69, 9.17) is 9.47 Å². The molecule has 3 rings (SSSR count). The first-order valence-corrected chi connectivity index (χ1v) is 7.61. The third kappa shape index (κ3) is 3.71. The molecule has 0 fully saturated rings. The lowest BCUT2D eigenvalue weighted by atomic mass is 10.1. The first-order chi connectivity index (χ1) is 11.7. The Labute approximate surface area is 139 Å². The number of carbonyl (C=O) groups excluding carboxylic acids is 1. The third-order valence-electron chi connectivity index (χ3n) is 3.78. The molecular formula is C20H17FO3. The van der Waals surface area contributed by atoms with E-state index >= 15 is 0 Å². The molecule has 4 heteroatoms. The van der Waals surface area contributed by atoms with E-state index in [0.29, 0.717) is 5.56 Å². The largest absolute Gasteiger partial charge is 0.494 e. The molecule has 3 aromatic rings. The van der Waals surface area contributed by atoms with Crippen LogP contribution in [0.1, 0.15) is 11.1 Å². The molecule has 0 aliphatic heterocycles. The number of rotatable bonds is 5. The van der Waals surface area contributed by atoms with E-state index in [1.807, 2.05) is 42.5 Å². The number of carbonyl (C=O) groups is 1. The van der Waals surface area contributed by atoms with Crippen LogP contribution < -0.4 is 4.74 Å². The van der Waals surface area contributed by atoms with Crippen molar-refractivity contribution in [3.05, 3.63) is 77.6 Å². The van der Waals surface area contributed by atoms with Gasteiger partial charge in [0, 0.05) is 0 Å². The van der Waals surface area contributed by atoms with Crippen LogP contribution in [0.25, 0.3) is 10.8 Å². The summed E-state index contributed by atoms with van der Waals surface area (Å²) in [7, 11) is 1.40. The summed E-state index contributed by atoms with van der Waals surface area (Å²) in [5.41, 5.74) is 1.47. The van der Waals surface area contributed by atoms with E-state index in [-0.39, 0.29) is 24.7 Å². The van der Waals surface area contributed by atoms with Gasteiger partial charge in [0.25, 0.3) is 0 Å². The van der Waals surface area contributed by atoms with Gasteiger partial charge in [-0.15, -0.1) is 0 Å². The van der Waals surface area contributed by atoms with Crippen LogP contribution in [0.2, 0.25) is 0 Å². The maximum Gasteiger partial charge on any atom is 0.310 e. The van der Waals surface area contributed by atoms with Gasteiger partial charge in [0.1, 0.15) is 6.61 Å². The number of methoxy groups -OCH3 is 1. The molecule has 0 unspecified atom stereocenters. The topological polar surface area (TPSA) is 35.5 Å². The smallest absolute Gasteiger partial charge is 0.310 e. The molecule has 24 heavy (non-hydrogen) atoms. The molecule has 3 nitrogen and oxygen atoms in total. The van der Waals surface area contributed by atoms with E-state index in [1.165, 1.54) is 19.2 Å². The maximum absolute atomic E-state index is 13.6. The van der Waals surface area contributed by atoms with E-state index in [0.717, 1.165) is 16.3 Å². The fourth-order valence-corrected chi connectivity index (χ4v) is 2.53. The highest BCUT2D eigenvalue weighted by atomic mass is 19.1. The van der Waals surface area contributed by atoms with Gasteiger partial charge in [-0.2, -0.15) is 0 Å². The predicted molar refractivity (Wildman–Crippen MR) is 90.4 cm³/mol. The van der Waals surface area contributed by atoms with Gasteiger partial charge >= 0.3 is 5.97 Å². The van der Waals surface area contributed by atoms with Crippen molar-refractivity contribution in [1.29, 1.82) is 0 Å². The number of benzene rings is 3. The fourth-order valence-electron chi connectivity index (χ4n) is 2.53. The Bertz CT molecular complexity index is 874. The fraction of sp³-hybridized carbons (Fsp3) is 0.150. The second-order valence-corrected chi connectivity index (χ2v) is 5.49. The highest BCUT2D eigenvalue weighted by Gasteiger charge is 2.08. The SMILES string of the molecule is COc1ccc(COC(=O)Cc2ccc3ccccc3c2)cc1F. The molecule has 0 saturated carbocycles. The minimum absolute atomic E-state index is 0.0350. The van der Waals surface area contributed by atoms with Crippen LogP contribution in [-0.2, 0) is 22.6 Å². The van der Waals surface area contributed by atoms with Gasteiger partial charge in [0.05, 0.1) is 13.5 Å². The molecule has 3 aromatic carbocycles. The Kier molecular flexibility index (Phi) is 4.75. The van der Waals surface area contributed by atoms with Crippen molar-refractivity contribution in [1.82, 2.24) is 0 Å². The summed E-state index contributed by atoms with van der Waals surface area (Å²) in [4.78, 5) is 12.0. The lowest BCUT2D eigenvalue weighted by Crippen LogP contribution is -2.08. The molecule has 0 aliphatic rings. The number of esters is 1. The molecule has 0 atom stereocenters. The van der Waals surface area contributed by atoms with Crippen LogP contribution in [-0.4, -0.2) is 13.1 Å². The van der Waals surface area contributed by atoms with Crippen LogP contribution in [0.15, 0.2) is 60.7 Å².